The summed E-state index contributed by atoms with van der Waals surface area (Å²) >= 11 is 0. The molecule has 1 heterocycles. The maximum absolute atomic E-state index is 11.9. The molecule has 1 aromatic carbocycles. The Kier molecular flexibility index (Phi) is 3.77. The van der Waals surface area contributed by atoms with E-state index in [4.69, 9.17) is 0 Å². The van der Waals surface area contributed by atoms with Gasteiger partial charge in [0.1, 0.15) is 0 Å². The summed E-state index contributed by atoms with van der Waals surface area (Å²) in [5.74, 6) is -0.375. The molecule has 18 heavy (non-hydrogen) atoms. The summed E-state index contributed by atoms with van der Waals surface area (Å²) in [4.78, 5) is 24.7. The highest BCUT2D eigenvalue weighted by Crippen LogP contribution is 2.18. The molecule has 0 saturated carbocycles. The third kappa shape index (κ3) is 2.77. The monoisotopic (exact) mass is 244 g/mol. The van der Waals surface area contributed by atoms with E-state index >= 15 is 0 Å². The van der Waals surface area contributed by atoms with E-state index in [1.807, 2.05) is 18.2 Å². The largest absolute Gasteiger partial charge is 0.343 e. The minimum atomic E-state index is -0.319. The molecule has 0 fully saturated rings. The van der Waals surface area contributed by atoms with E-state index in [1.165, 1.54) is 17.2 Å². The average Bonchev–Trinajstić information content (AvgIpc) is 2.43. The fourth-order valence-corrected chi connectivity index (χ4v) is 2.06. The van der Waals surface area contributed by atoms with Crippen LogP contribution in [0, 0.1) is 0 Å². The molecule has 0 saturated heterocycles. The lowest BCUT2D eigenvalue weighted by atomic mass is 10.00. The molecule has 0 spiro atoms. The van der Waals surface area contributed by atoms with Gasteiger partial charge in [-0.2, -0.15) is 0 Å². The standard InChI is InChI=1S/C14H16N2O2/c1-2-13(17)15-9-14(18)16-8-7-11-5-3-4-6-12(11)10-16/h2-6H,1,7-10H2,(H,15,17). The molecule has 0 unspecified atom stereocenters. The molecule has 1 aliphatic heterocycles. The van der Waals surface area contributed by atoms with Crippen molar-refractivity contribution in [2.75, 3.05) is 13.1 Å². The van der Waals surface area contributed by atoms with Gasteiger partial charge < -0.3 is 10.2 Å². The minimum absolute atomic E-state index is 0.0347. The molecule has 4 heteroatoms. The van der Waals surface area contributed by atoms with Gasteiger partial charge in [0.05, 0.1) is 6.54 Å². The molecule has 0 bridgehead atoms. The summed E-state index contributed by atoms with van der Waals surface area (Å²) in [7, 11) is 0. The third-order valence-corrected chi connectivity index (χ3v) is 3.08. The Hall–Kier alpha value is -2.10. The van der Waals surface area contributed by atoms with Gasteiger partial charge in [-0.3, -0.25) is 9.59 Å². The molecular formula is C14H16N2O2. The second kappa shape index (κ2) is 5.49. The van der Waals surface area contributed by atoms with Crippen LogP contribution in [0.25, 0.3) is 0 Å². The van der Waals surface area contributed by atoms with E-state index in [0.29, 0.717) is 13.1 Å². The number of benzene rings is 1. The van der Waals surface area contributed by atoms with E-state index in [0.717, 1.165) is 6.42 Å². The zero-order valence-electron chi connectivity index (χ0n) is 10.2. The number of hydrogen-bond acceptors (Lipinski definition) is 2. The summed E-state index contributed by atoms with van der Waals surface area (Å²) in [5.41, 5.74) is 2.49. The van der Waals surface area contributed by atoms with E-state index in [2.05, 4.69) is 18.0 Å². The van der Waals surface area contributed by atoms with Crippen LogP contribution in [-0.4, -0.2) is 29.8 Å². The van der Waals surface area contributed by atoms with Crippen LogP contribution in [0.3, 0.4) is 0 Å². The predicted octanol–water partition coefficient (Wildman–Crippen LogP) is 0.873. The van der Waals surface area contributed by atoms with Crippen LogP contribution in [0.2, 0.25) is 0 Å². The average molecular weight is 244 g/mol. The Morgan fingerprint density at radius 3 is 2.78 bits per heavy atom. The number of nitrogens with zero attached hydrogens (tertiary/aromatic N) is 1. The zero-order chi connectivity index (χ0) is 13.0. The lowest BCUT2D eigenvalue weighted by Gasteiger charge is -2.28. The Morgan fingerprint density at radius 1 is 1.33 bits per heavy atom. The van der Waals surface area contributed by atoms with E-state index < -0.39 is 0 Å². The Morgan fingerprint density at radius 2 is 2.06 bits per heavy atom. The number of nitrogens with one attached hydrogen (secondary N) is 1. The summed E-state index contributed by atoms with van der Waals surface area (Å²) in [5, 5.41) is 2.51. The lowest BCUT2D eigenvalue weighted by Crippen LogP contribution is -2.42. The van der Waals surface area contributed by atoms with Gasteiger partial charge in [0, 0.05) is 13.1 Å². The Labute approximate surface area is 106 Å². The van der Waals surface area contributed by atoms with Crippen molar-refractivity contribution >= 4 is 11.8 Å². The molecule has 1 N–H and O–H groups in total. The number of hydrogen-bond donors (Lipinski definition) is 1. The lowest BCUT2D eigenvalue weighted by molar-refractivity contribution is -0.132. The smallest absolute Gasteiger partial charge is 0.243 e. The van der Waals surface area contributed by atoms with Gasteiger partial charge in [-0.15, -0.1) is 0 Å². The predicted molar refractivity (Wildman–Crippen MR) is 68.8 cm³/mol. The van der Waals surface area contributed by atoms with Crippen molar-refractivity contribution in [2.45, 2.75) is 13.0 Å². The van der Waals surface area contributed by atoms with Crippen LogP contribution in [0.1, 0.15) is 11.1 Å². The minimum Gasteiger partial charge on any atom is -0.343 e. The van der Waals surface area contributed by atoms with Gasteiger partial charge in [-0.1, -0.05) is 30.8 Å². The van der Waals surface area contributed by atoms with E-state index in [-0.39, 0.29) is 18.4 Å². The molecule has 1 aliphatic rings. The second-order valence-electron chi connectivity index (χ2n) is 4.26. The van der Waals surface area contributed by atoms with Crippen molar-refractivity contribution in [3.8, 4) is 0 Å². The molecule has 1 aromatic rings. The van der Waals surface area contributed by atoms with E-state index in [9.17, 15) is 9.59 Å². The van der Waals surface area contributed by atoms with Crippen LogP contribution in [-0.2, 0) is 22.6 Å². The Bertz CT molecular complexity index is 482. The topological polar surface area (TPSA) is 49.4 Å². The number of carbonyl (C=O) groups excluding carboxylic acids is 2. The van der Waals surface area contributed by atoms with Gasteiger partial charge in [0.15, 0.2) is 0 Å². The molecule has 0 atom stereocenters. The molecule has 4 nitrogen and oxygen atoms in total. The summed E-state index contributed by atoms with van der Waals surface area (Å²) in [6.07, 6.45) is 2.04. The second-order valence-corrected chi connectivity index (χ2v) is 4.26. The zero-order valence-corrected chi connectivity index (χ0v) is 10.2. The highest BCUT2D eigenvalue weighted by Gasteiger charge is 2.20. The molecule has 0 radical (unpaired) electrons. The SMILES string of the molecule is C=CC(=O)NCC(=O)N1CCc2ccccc2C1. The van der Waals surface area contributed by atoms with Crippen molar-refractivity contribution < 1.29 is 9.59 Å². The molecule has 0 aliphatic carbocycles. The maximum atomic E-state index is 11.9. The van der Waals surface area contributed by atoms with Crippen LogP contribution in [0.15, 0.2) is 36.9 Å². The van der Waals surface area contributed by atoms with Gasteiger partial charge in [-0.25, -0.2) is 0 Å². The first-order valence-electron chi connectivity index (χ1n) is 5.95. The van der Waals surface area contributed by atoms with Gasteiger partial charge in [-0.05, 0) is 23.6 Å². The van der Waals surface area contributed by atoms with Crippen molar-refractivity contribution in [2.24, 2.45) is 0 Å². The fraction of sp³-hybridized carbons (Fsp3) is 0.286. The first-order valence-corrected chi connectivity index (χ1v) is 5.95. The van der Waals surface area contributed by atoms with Crippen LogP contribution in [0.4, 0.5) is 0 Å². The third-order valence-electron chi connectivity index (χ3n) is 3.08. The quantitative estimate of drug-likeness (QED) is 0.802. The molecule has 2 rings (SSSR count). The summed E-state index contributed by atoms with van der Waals surface area (Å²) < 4.78 is 0. The Balaban J connectivity index is 1.94. The number of fused-ring (bicyclic) bond motifs is 1. The normalized spacial score (nSPS) is 13.7. The molecule has 94 valence electrons. The van der Waals surface area contributed by atoms with Crippen molar-refractivity contribution in [1.82, 2.24) is 10.2 Å². The number of amides is 2. The van der Waals surface area contributed by atoms with Crippen molar-refractivity contribution in [3.63, 3.8) is 0 Å². The van der Waals surface area contributed by atoms with Crippen LogP contribution < -0.4 is 5.32 Å². The van der Waals surface area contributed by atoms with Crippen molar-refractivity contribution in [1.29, 1.82) is 0 Å². The van der Waals surface area contributed by atoms with E-state index in [1.54, 1.807) is 4.90 Å². The van der Waals surface area contributed by atoms with Gasteiger partial charge in [0.25, 0.3) is 0 Å². The molecule has 2 amide bonds. The first-order chi connectivity index (χ1) is 8.70. The van der Waals surface area contributed by atoms with Gasteiger partial charge >= 0.3 is 0 Å². The van der Waals surface area contributed by atoms with Gasteiger partial charge in [0.2, 0.25) is 11.8 Å². The molecule has 0 aromatic heterocycles. The maximum Gasteiger partial charge on any atom is 0.243 e. The molecular weight excluding hydrogens is 228 g/mol. The highest BCUT2D eigenvalue weighted by atomic mass is 16.2. The van der Waals surface area contributed by atoms with Crippen molar-refractivity contribution in [3.05, 3.63) is 48.0 Å². The fourth-order valence-electron chi connectivity index (χ4n) is 2.06. The first kappa shape index (κ1) is 12.4. The number of carbonyl (C=O) groups is 2. The summed E-state index contributed by atoms with van der Waals surface area (Å²) in [6, 6.07) is 8.13. The highest BCUT2D eigenvalue weighted by molar-refractivity contribution is 5.90. The van der Waals surface area contributed by atoms with Crippen LogP contribution >= 0.6 is 0 Å². The van der Waals surface area contributed by atoms with Crippen LogP contribution in [0.5, 0.6) is 0 Å². The summed E-state index contributed by atoms with van der Waals surface area (Å²) in [6.45, 7) is 4.71. The number of rotatable bonds is 3.